The van der Waals surface area contributed by atoms with Crippen LogP contribution in [0.1, 0.15) is 5.56 Å². The Balaban J connectivity index is 2.29. The first-order chi connectivity index (χ1) is 8.31. The lowest BCUT2D eigenvalue weighted by Gasteiger charge is -2.09. The minimum Gasteiger partial charge on any atom is -0.330 e. The number of hydrogen-bond donors (Lipinski definition) is 1. The Bertz CT molecular complexity index is 488. The Morgan fingerprint density at radius 1 is 1.18 bits per heavy atom. The summed E-state index contributed by atoms with van der Waals surface area (Å²) in [4.78, 5) is 5.92. The van der Waals surface area contributed by atoms with E-state index in [9.17, 15) is 4.39 Å². The van der Waals surface area contributed by atoms with E-state index in [0.717, 1.165) is 9.79 Å². The van der Waals surface area contributed by atoms with Gasteiger partial charge in [-0.25, -0.2) is 4.39 Å². The van der Waals surface area contributed by atoms with Crippen LogP contribution in [0.5, 0.6) is 0 Å². The van der Waals surface area contributed by atoms with Gasteiger partial charge in [-0.05, 0) is 37.2 Å². The first-order valence-corrected chi connectivity index (χ1v) is 6.18. The predicted octanol–water partition coefficient (Wildman–Crippen LogP) is 2.87. The molecule has 2 rings (SSSR count). The van der Waals surface area contributed by atoms with Crippen LogP contribution >= 0.6 is 11.8 Å². The highest BCUT2D eigenvalue weighted by Crippen LogP contribution is 2.31. The van der Waals surface area contributed by atoms with E-state index in [1.54, 1.807) is 18.5 Å². The molecule has 0 radical (unpaired) electrons. The highest BCUT2D eigenvalue weighted by atomic mass is 32.2. The van der Waals surface area contributed by atoms with Crippen LogP contribution in [0.2, 0.25) is 0 Å². The van der Waals surface area contributed by atoms with Crippen molar-refractivity contribution < 1.29 is 4.39 Å². The molecule has 0 bridgehead atoms. The molecule has 0 amide bonds. The average molecular weight is 248 g/mol. The van der Waals surface area contributed by atoms with Crippen molar-refractivity contribution in [2.75, 3.05) is 6.54 Å². The second-order valence-corrected chi connectivity index (χ2v) is 4.66. The Hall–Kier alpha value is -1.39. The van der Waals surface area contributed by atoms with E-state index in [1.807, 2.05) is 18.2 Å². The van der Waals surface area contributed by atoms with Crippen molar-refractivity contribution >= 4 is 11.8 Å². The molecule has 88 valence electrons. The van der Waals surface area contributed by atoms with Crippen molar-refractivity contribution in [2.24, 2.45) is 5.73 Å². The van der Waals surface area contributed by atoms with Gasteiger partial charge in [0.2, 0.25) is 0 Å². The second kappa shape index (κ2) is 5.80. The zero-order chi connectivity index (χ0) is 12.1. The molecule has 1 aromatic heterocycles. The number of rotatable bonds is 4. The number of aromatic nitrogens is 1. The second-order valence-electron chi connectivity index (χ2n) is 3.54. The predicted molar refractivity (Wildman–Crippen MR) is 67.5 cm³/mol. The molecule has 0 saturated carbocycles. The third-order valence-corrected chi connectivity index (χ3v) is 3.46. The Morgan fingerprint density at radius 2 is 1.94 bits per heavy atom. The van der Waals surface area contributed by atoms with Crippen LogP contribution in [0.15, 0.2) is 52.5 Å². The van der Waals surface area contributed by atoms with Gasteiger partial charge in [0.05, 0.1) is 0 Å². The average Bonchev–Trinajstić information content (AvgIpc) is 2.35. The molecular weight excluding hydrogens is 235 g/mol. The van der Waals surface area contributed by atoms with Gasteiger partial charge in [0, 0.05) is 27.7 Å². The third-order valence-electron chi connectivity index (χ3n) is 2.35. The highest BCUT2D eigenvalue weighted by Gasteiger charge is 2.08. The fourth-order valence-corrected chi connectivity index (χ4v) is 2.54. The van der Waals surface area contributed by atoms with Crippen molar-refractivity contribution in [1.82, 2.24) is 4.98 Å². The van der Waals surface area contributed by atoms with E-state index in [0.29, 0.717) is 18.5 Å². The number of nitrogens with two attached hydrogens (primary N) is 1. The Labute approximate surface area is 104 Å². The van der Waals surface area contributed by atoms with Crippen LogP contribution < -0.4 is 5.73 Å². The molecule has 17 heavy (non-hydrogen) atoms. The molecule has 1 aromatic carbocycles. The summed E-state index contributed by atoms with van der Waals surface area (Å²) in [5.74, 6) is -0.186. The van der Waals surface area contributed by atoms with Gasteiger partial charge in [0.1, 0.15) is 5.82 Å². The maximum Gasteiger partial charge on any atom is 0.127 e. The van der Waals surface area contributed by atoms with E-state index < -0.39 is 0 Å². The standard InChI is InChI=1S/C13H13FN2S/c14-12-2-1-3-13(11(12)4-7-15)17-10-5-8-16-9-6-10/h1-3,5-6,8-9H,4,7,15H2. The van der Waals surface area contributed by atoms with E-state index in [1.165, 1.54) is 17.8 Å². The van der Waals surface area contributed by atoms with Gasteiger partial charge in [0.15, 0.2) is 0 Å². The molecule has 2 aromatic rings. The van der Waals surface area contributed by atoms with Crippen LogP contribution in [0.3, 0.4) is 0 Å². The molecule has 0 saturated heterocycles. The summed E-state index contributed by atoms with van der Waals surface area (Å²) in [6.07, 6.45) is 4.01. The first-order valence-electron chi connectivity index (χ1n) is 5.36. The number of halogens is 1. The molecule has 2 N–H and O–H groups in total. The quantitative estimate of drug-likeness (QED) is 0.904. The Morgan fingerprint density at radius 3 is 2.65 bits per heavy atom. The van der Waals surface area contributed by atoms with Gasteiger partial charge in [-0.15, -0.1) is 0 Å². The number of benzene rings is 1. The SMILES string of the molecule is NCCc1c(F)cccc1Sc1ccncc1. The molecule has 4 heteroatoms. The zero-order valence-electron chi connectivity index (χ0n) is 9.27. The smallest absolute Gasteiger partial charge is 0.127 e. The lowest BCUT2D eigenvalue weighted by molar-refractivity contribution is 0.603. The van der Waals surface area contributed by atoms with Crippen LogP contribution in [-0.4, -0.2) is 11.5 Å². The zero-order valence-corrected chi connectivity index (χ0v) is 10.1. The van der Waals surface area contributed by atoms with Crippen molar-refractivity contribution in [3.05, 3.63) is 54.1 Å². The monoisotopic (exact) mass is 248 g/mol. The maximum atomic E-state index is 13.7. The van der Waals surface area contributed by atoms with Gasteiger partial charge < -0.3 is 5.73 Å². The van der Waals surface area contributed by atoms with Crippen LogP contribution in [0.25, 0.3) is 0 Å². The van der Waals surface area contributed by atoms with E-state index in [4.69, 9.17) is 5.73 Å². The first kappa shape index (κ1) is 12.1. The minimum atomic E-state index is -0.186. The molecule has 0 aliphatic rings. The van der Waals surface area contributed by atoms with Gasteiger partial charge in [-0.2, -0.15) is 0 Å². The third kappa shape index (κ3) is 3.05. The summed E-state index contributed by atoms with van der Waals surface area (Å²) in [5.41, 5.74) is 6.20. The molecule has 0 aliphatic heterocycles. The molecule has 2 nitrogen and oxygen atoms in total. The van der Waals surface area contributed by atoms with Crippen LogP contribution in [0.4, 0.5) is 4.39 Å². The topological polar surface area (TPSA) is 38.9 Å². The molecule has 0 fully saturated rings. The summed E-state index contributed by atoms with van der Waals surface area (Å²) in [6.45, 7) is 0.449. The van der Waals surface area contributed by atoms with Crippen molar-refractivity contribution in [2.45, 2.75) is 16.2 Å². The van der Waals surface area contributed by atoms with E-state index in [2.05, 4.69) is 4.98 Å². The lowest BCUT2D eigenvalue weighted by atomic mass is 10.1. The van der Waals surface area contributed by atoms with Gasteiger partial charge >= 0.3 is 0 Å². The van der Waals surface area contributed by atoms with Gasteiger partial charge in [-0.3, -0.25) is 4.98 Å². The molecule has 0 spiro atoms. The summed E-state index contributed by atoms with van der Waals surface area (Å²) in [5, 5.41) is 0. The largest absolute Gasteiger partial charge is 0.330 e. The van der Waals surface area contributed by atoms with E-state index in [-0.39, 0.29) is 5.82 Å². The van der Waals surface area contributed by atoms with Gasteiger partial charge in [-0.1, -0.05) is 17.8 Å². The minimum absolute atomic E-state index is 0.186. The van der Waals surface area contributed by atoms with Gasteiger partial charge in [0.25, 0.3) is 0 Å². The van der Waals surface area contributed by atoms with Crippen molar-refractivity contribution in [3.63, 3.8) is 0 Å². The molecule has 0 aliphatic carbocycles. The van der Waals surface area contributed by atoms with E-state index >= 15 is 0 Å². The Kier molecular flexibility index (Phi) is 4.12. The lowest BCUT2D eigenvalue weighted by Crippen LogP contribution is -2.05. The van der Waals surface area contributed by atoms with Crippen LogP contribution in [0, 0.1) is 5.82 Å². The maximum absolute atomic E-state index is 13.7. The highest BCUT2D eigenvalue weighted by molar-refractivity contribution is 7.99. The molecular formula is C13H13FN2S. The summed E-state index contributed by atoms with van der Waals surface area (Å²) >= 11 is 1.53. The summed E-state index contributed by atoms with van der Waals surface area (Å²) in [6, 6.07) is 8.92. The number of nitrogens with zero attached hydrogens (tertiary/aromatic N) is 1. The molecule has 0 unspecified atom stereocenters. The van der Waals surface area contributed by atoms with Crippen LogP contribution in [-0.2, 0) is 6.42 Å². The van der Waals surface area contributed by atoms with Crippen molar-refractivity contribution in [1.29, 1.82) is 0 Å². The van der Waals surface area contributed by atoms with Crippen molar-refractivity contribution in [3.8, 4) is 0 Å². The summed E-state index contributed by atoms with van der Waals surface area (Å²) in [7, 11) is 0. The normalized spacial score (nSPS) is 10.5. The summed E-state index contributed by atoms with van der Waals surface area (Å²) < 4.78 is 13.7. The molecule has 0 atom stereocenters. The fourth-order valence-electron chi connectivity index (χ4n) is 1.55. The number of pyridine rings is 1. The molecule has 1 heterocycles. The fraction of sp³-hybridized carbons (Fsp3) is 0.154. The number of hydrogen-bond acceptors (Lipinski definition) is 3.